The summed E-state index contributed by atoms with van der Waals surface area (Å²) in [5, 5.41) is 0. The lowest BCUT2D eigenvalue weighted by Crippen LogP contribution is -2.04. The molecule has 6 nitrogen and oxygen atoms in total. The summed E-state index contributed by atoms with van der Waals surface area (Å²) in [5.74, 6) is 0.424. The summed E-state index contributed by atoms with van der Waals surface area (Å²) in [4.78, 5) is 24.2. The normalized spacial score (nSPS) is 10.1. The molecule has 0 bridgehead atoms. The number of benzene rings is 2. The average molecular weight is 438 g/mol. The van der Waals surface area contributed by atoms with Gasteiger partial charge in [-0.2, -0.15) is 0 Å². The molecule has 0 atom stereocenters. The number of hydrogen-bond donors (Lipinski definition) is 0. The zero-order valence-corrected chi connectivity index (χ0v) is 16.0. The van der Waals surface area contributed by atoms with Crippen LogP contribution in [0.2, 0.25) is 0 Å². The van der Waals surface area contributed by atoms with Gasteiger partial charge in [-0.05, 0) is 55.3 Å². The molecule has 30 heavy (non-hydrogen) atoms. The van der Waals surface area contributed by atoms with E-state index in [-0.39, 0.29) is 44.5 Å². The maximum absolute atomic E-state index is 12.3. The van der Waals surface area contributed by atoms with Crippen LogP contribution in [0, 0.1) is 0 Å². The van der Waals surface area contributed by atoms with Crippen molar-refractivity contribution in [1.82, 2.24) is 0 Å². The van der Waals surface area contributed by atoms with E-state index in [4.69, 9.17) is 4.74 Å². The first-order valence-electron chi connectivity index (χ1n) is 8.70. The van der Waals surface area contributed by atoms with Gasteiger partial charge in [0.1, 0.15) is 21.6 Å². The maximum Gasteiger partial charge on any atom is 0.163 e. The van der Waals surface area contributed by atoms with Crippen molar-refractivity contribution in [2.24, 2.45) is 0 Å². The van der Waals surface area contributed by atoms with Crippen molar-refractivity contribution in [1.29, 1.82) is 0 Å². The molecule has 7 heteroatoms. The number of carbonyl (C=O) groups excluding carboxylic acids is 2. The highest BCUT2D eigenvalue weighted by Gasteiger charge is 2.14. The van der Waals surface area contributed by atoms with E-state index in [9.17, 15) is 22.6 Å². The van der Waals surface area contributed by atoms with Crippen molar-refractivity contribution in [3.05, 3.63) is 53.6 Å². The third-order valence-corrected chi connectivity index (χ3v) is 4.70. The molecule has 0 aromatic heterocycles. The van der Waals surface area contributed by atoms with Crippen LogP contribution in [0.5, 0.6) is 11.5 Å². The first kappa shape index (κ1) is 29.7. The van der Waals surface area contributed by atoms with Crippen LogP contribution >= 0.6 is 0 Å². The summed E-state index contributed by atoms with van der Waals surface area (Å²) in [6, 6.07) is 9.67. The Hall–Kier alpha value is -2.51. The van der Waals surface area contributed by atoms with Gasteiger partial charge in [0.25, 0.3) is 0 Å². The second kappa shape index (κ2) is 12.9. The monoisotopic (exact) mass is 437 g/mol. The Kier molecular flexibility index (Phi) is 12.8. The largest absolute Gasteiger partial charge is 0.744 e. The Morgan fingerprint density at radius 2 is 1.23 bits per heavy atom. The van der Waals surface area contributed by atoms with Crippen LogP contribution in [0.25, 0.3) is 0 Å². The Morgan fingerprint density at radius 3 is 1.60 bits per heavy atom. The number of ketones is 2. The van der Waals surface area contributed by atoms with E-state index >= 15 is 0 Å². The molecule has 0 spiro atoms. The Morgan fingerprint density at radius 1 is 0.800 bits per heavy atom. The van der Waals surface area contributed by atoms with Gasteiger partial charge in [-0.1, -0.05) is 36.1 Å². The molecule has 0 saturated heterocycles. The fourth-order valence-corrected chi connectivity index (χ4v) is 3.00. The van der Waals surface area contributed by atoms with Gasteiger partial charge in [0.05, 0.1) is 4.90 Å². The highest BCUT2D eigenvalue weighted by molar-refractivity contribution is 7.85. The molecule has 2 aromatic rings. The fraction of sp³-hybridized carbons (Fsp3) is 0.391. The lowest BCUT2D eigenvalue weighted by atomic mass is 10.00. The SMILES string of the molecule is C.C.C.CCCC(=O)c1cc(Oc2ccc(S(=O)(=O)[O-])cc2)cc(C(=O)CCC)c1. The number of rotatable bonds is 9. The molecule has 0 aliphatic carbocycles. The maximum atomic E-state index is 12.3. The van der Waals surface area contributed by atoms with E-state index in [2.05, 4.69) is 0 Å². The minimum atomic E-state index is -4.54. The van der Waals surface area contributed by atoms with Crippen LogP contribution in [-0.4, -0.2) is 24.5 Å². The molecule has 0 aliphatic heterocycles. The van der Waals surface area contributed by atoms with Gasteiger partial charge in [-0.15, -0.1) is 0 Å². The zero-order valence-electron chi connectivity index (χ0n) is 15.2. The molecule has 0 N–H and O–H groups in total. The Bertz CT molecular complexity index is 894. The zero-order chi connectivity index (χ0) is 20.0. The molecule has 2 rings (SSSR count). The van der Waals surface area contributed by atoms with E-state index in [1.54, 1.807) is 18.2 Å². The van der Waals surface area contributed by atoms with Crippen LogP contribution < -0.4 is 4.74 Å². The minimum Gasteiger partial charge on any atom is -0.744 e. The molecule has 0 saturated carbocycles. The molecular formula is C23H33O6S-. The summed E-state index contributed by atoms with van der Waals surface area (Å²) in [6.45, 7) is 3.79. The number of carbonyl (C=O) groups is 2. The highest BCUT2D eigenvalue weighted by atomic mass is 32.2. The van der Waals surface area contributed by atoms with Gasteiger partial charge in [0.15, 0.2) is 11.6 Å². The van der Waals surface area contributed by atoms with E-state index in [1.165, 1.54) is 12.1 Å². The molecule has 0 aliphatic rings. The predicted molar refractivity (Wildman–Crippen MR) is 120 cm³/mol. The smallest absolute Gasteiger partial charge is 0.163 e. The molecule has 0 amide bonds. The van der Waals surface area contributed by atoms with E-state index in [1.807, 2.05) is 13.8 Å². The highest BCUT2D eigenvalue weighted by Crippen LogP contribution is 2.26. The van der Waals surface area contributed by atoms with Crippen molar-refractivity contribution >= 4 is 21.7 Å². The van der Waals surface area contributed by atoms with E-state index < -0.39 is 10.1 Å². The summed E-state index contributed by atoms with van der Waals surface area (Å²) in [7, 11) is -4.54. The second-order valence-electron chi connectivity index (χ2n) is 6.12. The molecule has 168 valence electrons. The van der Waals surface area contributed by atoms with Crippen LogP contribution in [0.4, 0.5) is 0 Å². The van der Waals surface area contributed by atoms with Gasteiger partial charge >= 0.3 is 0 Å². The number of hydrogen-bond acceptors (Lipinski definition) is 6. The second-order valence-corrected chi connectivity index (χ2v) is 7.50. The third-order valence-electron chi connectivity index (χ3n) is 3.85. The first-order valence-corrected chi connectivity index (χ1v) is 10.1. The lowest BCUT2D eigenvalue weighted by Gasteiger charge is -2.11. The van der Waals surface area contributed by atoms with Crippen molar-refractivity contribution < 1.29 is 27.3 Å². The van der Waals surface area contributed by atoms with Crippen LogP contribution in [0.15, 0.2) is 47.4 Å². The Balaban J connectivity index is 0. The quantitative estimate of drug-likeness (QED) is 0.339. The predicted octanol–water partition coefficient (Wildman–Crippen LogP) is 6.26. The standard InChI is InChI=1S/C20H22O6S.3CH4/c1-3-5-19(21)14-11-15(20(22)6-4-2)13-17(12-14)26-16-7-9-18(10-8-16)27(23,24)25;;;/h7-13H,3-6H2,1-2H3,(H,23,24,25);3*1H4/p-1. The molecule has 0 heterocycles. The average Bonchev–Trinajstić information content (AvgIpc) is 2.61. The number of ether oxygens (including phenoxy) is 1. The number of Topliss-reactive ketones (excluding diaryl/α,β-unsaturated/α-hetero) is 2. The van der Waals surface area contributed by atoms with Crippen molar-refractivity contribution in [3.8, 4) is 11.5 Å². The van der Waals surface area contributed by atoms with Gasteiger partial charge in [-0.25, -0.2) is 8.42 Å². The van der Waals surface area contributed by atoms with E-state index in [0.29, 0.717) is 42.6 Å². The van der Waals surface area contributed by atoms with Crippen molar-refractivity contribution in [2.45, 2.75) is 66.7 Å². The third kappa shape index (κ3) is 8.08. The van der Waals surface area contributed by atoms with Gasteiger partial charge < -0.3 is 9.29 Å². The van der Waals surface area contributed by atoms with Gasteiger partial charge in [0, 0.05) is 24.0 Å². The summed E-state index contributed by atoms with van der Waals surface area (Å²) in [5.41, 5.74) is 0.792. The molecule has 2 aromatic carbocycles. The Labute approximate surface area is 181 Å². The molecular weight excluding hydrogens is 404 g/mol. The molecule has 0 fully saturated rings. The minimum absolute atomic E-state index is 0. The lowest BCUT2D eigenvalue weighted by molar-refractivity contribution is 0.0981. The van der Waals surface area contributed by atoms with Crippen LogP contribution in [0.3, 0.4) is 0 Å². The summed E-state index contributed by atoms with van der Waals surface area (Å²) >= 11 is 0. The molecule has 0 unspecified atom stereocenters. The van der Waals surface area contributed by atoms with Gasteiger partial charge in [0.2, 0.25) is 0 Å². The van der Waals surface area contributed by atoms with E-state index in [0.717, 1.165) is 12.1 Å². The summed E-state index contributed by atoms with van der Waals surface area (Å²) in [6.07, 6.45) is 2.10. The topological polar surface area (TPSA) is 101 Å². The van der Waals surface area contributed by atoms with Crippen LogP contribution in [0.1, 0.15) is 82.5 Å². The van der Waals surface area contributed by atoms with Crippen molar-refractivity contribution in [3.63, 3.8) is 0 Å². The molecule has 0 radical (unpaired) electrons. The van der Waals surface area contributed by atoms with Crippen molar-refractivity contribution in [2.75, 3.05) is 0 Å². The fourth-order valence-electron chi connectivity index (χ4n) is 2.53. The first-order chi connectivity index (χ1) is 12.7. The van der Waals surface area contributed by atoms with Gasteiger partial charge in [-0.3, -0.25) is 9.59 Å². The summed E-state index contributed by atoms with van der Waals surface area (Å²) < 4.78 is 38.7. The van der Waals surface area contributed by atoms with Crippen LogP contribution in [-0.2, 0) is 10.1 Å².